The van der Waals surface area contributed by atoms with Gasteiger partial charge in [-0.05, 0) is 44.7 Å². The van der Waals surface area contributed by atoms with Gasteiger partial charge in [-0.1, -0.05) is 26.2 Å². The lowest BCUT2D eigenvalue weighted by Gasteiger charge is -2.13. The molecule has 18 heavy (non-hydrogen) atoms. The molecule has 0 bridgehead atoms. The van der Waals surface area contributed by atoms with E-state index in [4.69, 9.17) is 0 Å². The van der Waals surface area contributed by atoms with E-state index in [0.29, 0.717) is 12.6 Å². The minimum absolute atomic E-state index is 0.123. The molecule has 1 unspecified atom stereocenters. The quantitative estimate of drug-likeness (QED) is 0.538. The molecule has 1 atom stereocenters. The zero-order valence-electron chi connectivity index (χ0n) is 12.3. The molecular weight excluding hydrogens is 244 g/mol. The summed E-state index contributed by atoms with van der Waals surface area (Å²) in [5.41, 5.74) is 0. The maximum atomic E-state index is 11.5. The van der Waals surface area contributed by atoms with Gasteiger partial charge in [0.2, 0.25) is 5.91 Å². The molecule has 1 amide bonds. The van der Waals surface area contributed by atoms with Gasteiger partial charge in [0.1, 0.15) is 0 Å². The number of unbranched alkanes of at least 4 members (excludes halogenated alkanes) is 3. The average molecular weight is 274 g/mol. The van der Waals surface area contributed by atoms with Gasteiger partial charge in [0.15, 0.2) is 0 Å². The lowest BCUT2D eigenvalue weighted by molar-refractivity contribution is -0.120. The Morgan fingerprint density at radius 3 is 2.61 bits per heavy atom. The van der Waals surface area contributed by atoms with E-state index in [1.54, 1.807) is 0 Å². The number of carbonyl (C=O) groups excluding carboxylic acids is 1. The van der Waals surface area contributed by atoms with Crippen molar-refractivity contribution in [2.45, 2.75) is 58.4 Å². The van der Waals surface area contributed by atoms with E-state index in [1.165, 1.54) is 31.4 Å². The summed E-state index contributed by atoms with van der Waals surface area (Å²) < 4.78 is 0. The van der Waals surface area contributed by atoms with Crippen LogP contribution in [0.2, 0.25) is 0 Å². The first-order chi connectivity index (χ1) is 8.70. The van der Waals surface area contributed by atoms with Gasteiger partial charge in [-0.2, -0.15) is 11.8 Å². The Hall–Kier alpha value is -0.220. The summed E-state index contributed by atoms with van der Waals surface area (Å²) in [6, 6.07) is 0.302. The van der Waals surface area contributed by atoms with Gasteiger partial charge in [-0.3, -0.25) is 4.79 Å². The van der Waals surface area contributed by atoms with Gasteiger partial charge in [0.05, 0.1) is 6.54 Å². The largest absolute Gasteiger partial charge is 0.353 e. The molecule has 0 spiro atoms. The van der Waals surface area contributed by atoms with Gasteiger partial charge in [0.25, 0.3) is 0 Å². The number of hydrogen-bond acceptors (Lipinski definition) is 3. The van der Waals surface area contributed by atoms with E-state index in [-0.39, 0.29) is 5.91 Å². The summed E-state index contributed by atoms with van der Waals surface area (Å²) >= 11 is 1.91. The molecular formula is C14H30N2OS. The van der Waals surface area contributed by atoms with Crippen molar-refractivity contribution in [2.24, 2.45) is 0 Å². The van der Waals surface area contributed by atoms with Gasteiger partial charge < -0.3 is 10.6 Å². The second-order valence-electron chi connectivity index (χ2n) is 4.84. The van der Waals surface area contributed by atoms with Crippen LogP contribution in [0.3, 0.4) is 0 Å². The van der Waals surface area contributed by atoms with Crippen LogP contribution < -0.4 is 10.6 Å². The van der Waals surface area contributed by atoms with Crippen LogP contribution in [0.15, 0.2) is 0 Å². The van der Waals surface area contributed by atoms with Crippen LogP contribution in [0.5, 0.6) is 0 Å². The Balaban J connectivity index is 3.25. The summed E-state index contributed by atoms with van der Waals surface area (Å²) in [7, 11) is 0. The first-order valence-corrected chi connectivity index (χ1v) is 8.59. The van der Waals surface area contributed by atoms with Crippen LogP contribution in [-0.4, -0.2) is 37.0 Å². The predicted molar refractivity (Wildman–Crippen MR) is 82.2 cm³/mol. The average Bonchev–Trinajstić information content (AvgIpc) is 2.32. The fourth-order valence-electron chi connectivity index (χ4n) is 1.88. The van der Waals surface area contributed by atoms with Crippen LogP contribution in [-0.2, 0) is 4.79 Å². The van der Waals surface area contributed by atoms with Gasteiger partial charge in [-0.25, -0.2) is 0 Å². The van der Waals surface area contributed by atoms with E-state index in [0.717, 1.165) is 19.4 Å². The zero-order valence-corrected chi connectivity index (χ0v) is 13.1. The SMILES string of the molecule is CCCC(C)NC(=O)CNCCCCCCSC. The molecule has 108 valence electrons. The number of thioether (sulfide) groups is 1. The van der Waals surface area contributed by atoms with Gasteiger partial charge in [-0.15, -0.1) is 0 Å². The number of carbonyl (C=O) groups is 1. The van der Waals surface area contributed by atoms with Crippen molar-refractivity contribution >= 4 is 17.7 Å². The topological polar surface area (TPSA) is 41.1 Å². The molecule has 0 radical (unpaired) electrons. The molecule has 4 heteroatoms. The minimum atomic E-state index is 0.123. The maximum Gasteiger partial charge on any atom is 0.234 e. The second-order valence-corrected chi connectivity index (χ2v) is 5.83. The molecule has 3 nitrogen and oxygen atoms in total. The zero-order chi connectivity index (χ0) is 13.6. The van der Waals surface area contributed by atoms with Crippen molar-refractivity contribution in [1.82, 2.24) is 10.6 Å². The van der Waals surface area contributed by atoms with Crippen molar-refractivity contribution in [1.29, 1.82) is 0 Å². The molecule has 0 aromatic carbocycles. The first-order valence-electron chi connectivity index (χ1n) is 7.19. The van der Waals surface area contributed by atoms with Crippen LogP contribution in [0.25, 0.3) is 0 Å². The fraction of sp³-hybridized carbons (Fsp3) is 0.929. The Morgan fingerprint density at radius 1 is 1.22 bits per heavy atom. The predicted octanol–water partition coefficient (Wildman–Crippen LogP) is 2.80. The summed E-state index contributed by atoms with van der Waals surface area (Å²) in [5.74, 6) is 1.39. The van der Waals surface area contributed by atoms with E-state index >= 15 is 0 Å². The Bertz CT molecular complexity index is 200. The molecule has 0 aliphatic rings. The third-order valence-corrected chi connectivity index (χ3v) is 3.56. The Labute approximate surface area is 117 Å². The molecule has 0 fully saturated rings. The van der Waals surface area contributed by atoms with Crippen LogP contribution in [0.1, 0.15) is 52.4 Å². The third kappa shape index (κ3) is 12.2. The smallest absolute Gasteiger partial charge is 0.234 e. The molecule has 0 aromatic rings. The molecule has 0 heterocycles. The van der Waals surface area contributed by atoms with Crippen molar-refractivity contribution in [2.75, 3.05) is 25.1 Å². The lowest BCUT2D eigenvalue weighted by Crippen LogP contribution is -2.39. The van der Waals surface area contributed by atoms with Crippen LogP contribution >= 0.6 is 11.8 Å². The summed E-state index contributed by atoms with van der Waals surface area (Å²) in [4.78, 5) is 11.5. The number of rotatable bonds is 12. The molecule has 0 aromatic heterocycles. The number of nitrogens with one attached hydrogen (secondary N) is 2. The minimum Gasteiger partial charge on any atom is -0.353 e. The fourth-order valence-corrected chi connectivity index (χ4v) is 2.38. The monoisotopic (exact) mass is 274 g/mol. The van der Waals surface area contributed by atoms with Gasteiger partial charge in [0, 0.05) is 6.04 Å². The summed E-state index contributed by atoms with van der Waals surface area (Å²) in [6.45, 7) is 5.61. The molecule has 0 rings (SSSR count). The summed E-state index contributed by atoms with van der Waals surface area (Å²) in [5, 5.41) is 6.20. The number of amides is 1. The molecule has 0 saturated carbocycles. The third-order valence-electron chi connectivity index (χ3n) is 2.87. The molecule has 0 saturated heterocycles. The second kappa shape index (κ2) is 13.2. The lowest BCUT2D eigenvalue weighted by atomic mass is 10.2. The molecule has 2 N–H and O–H groups in total. The van der Waals surface area contributed by atoms with E-state index < -0.39 is 0 Å². The Kier molecular flexibility index (Phi) is 13.1. The van der Waals surface area contributed by atoms with Crippen molar-refractivity contribution in [3.8, 4) is 0 Å². The normalized spacial score (nSPS) is 12.4. The van der Waals surface area contributed by atoms with Crippen molar-refractivity contribution in [3.63, 3.8) is 0 Å². The highest BCUT2D eigenvalue weighted by atomic mass is 32.2. The van der Waals surface area contributed by atoms with Gasteiger partial charge >= 0.3 is 0 Å². The summed E-state index contributed by atoms with van der Waals surface area (Å²) in [6.07, 6.45) is 9.39. The van der Waals surface area contributed by atoms with E-state index in [9.17, 15) is 4.79 Å². The molecule has 0 aliphatic heterocycles. The highest BCUT2D eigenvalue weighted by Crippen LogP contribution is 2.03. The van der Waals surface area contributed by atoms with E-state index in [2.05, 4.69) is 30.7 Å². The highest BCUT2D eigenvalue weighted by molar-refractivity contribution is 7.98. The van der Waals surface area contributed by atoms with E-state index in [1.807, 2.05) is 11.8 Å². The first kappa shape index (κ1) is 17.8. The van der Waals surface area contributed by atoms with Crippen molar-refractivity contribution in [3.05, 3.63) is 0 Å². The number of hydrogen-bond donors (Lipinski definition) is 2. The standard InChI is InChI=1S/C14H30N2OS/c1-4-9-13(2)16-14(17)12-15-10-7-5-6-8-11-18-3/h13,15H,4-12H2,1-3H3,(H,16,17). The van der Waals surface area contributed by atoms with Crippen LogP contribution in [0.4, 0.5) is 0 Å². The Morgan fingerprint density at radius 2 is 1.94 bits per heavy atom. The van der Waals surface area contributed by atoms with Crippen LogP contribution in [0, 0.1) is 0 Å². The van der Waals surface area contributed by atoms with Crippen molar-refractivity contribution < 1.29 is 4.79 Å². The maximum absolute atomic E-state index is 11.5. The molecule has 0 aliphatic carbocycles. The highest BCUT2D eigenvalue weighted by Gasteiger charge is 2.05.